The van der Waals surface area contributed by atoms with Crippen molar-refractivity contribution in [2.75, 3.05) is 40.0 Å². The van der Waals surface area contributed by atoms with E-state index in [1.54, 1.807) is 7.11 Å². The molecule has 1 aromatic carbocycles. The quantitative estimate of drug-likeness (QED) is 0.759. The molecule has 4 heteroatoms. The number of benzene rings is 1. The molecule has 1 aromatic rings. The highest BCUT2D eigenvalue weighted by molar-refractivity contribution is 5.79. The molecule has 0 aliphatic carbocycles. The first kappa shape index (κ1) is 14.0. The molecule has 0 amide bonds. The van der Waals surface area contributed by atoms with E-state index >= 15 is 0 Å². The zero-order valence-corrected chi connectivity index (χ0v) is 11.7. The first-order chi connectivity index (χ1) is 9.29. The summed E-state index contributed by atoms with van der Waals surface area (Å²) in [4.78, 5) is 6.95. The number of ether oxygens (including phenoxy) is 2. The van der Waals surface area contributed by atoms with Crippen molar-refractivity contribution >= 4 is 6.21 Å². The standard InChI is InChI=1S/C15H22N2O2/c1-13(17-7-9-19-10-8-17)11-16-12-14-3-5-15(18-2)6-4-14/h3-6,12-13H,7-11H2,1-2H3. The van der Waals surface area contributed by atoms with Crippen molar-refractivity contribution in [3.05, 3.63) is 29.8 Å². The summed E-state index contributed by atoms with van der Waals surface area (Å²) in [6.45, 7) is 6.75. The van der Waals surface area contributed by atoms with Crippen LogP contribution in [-0.4, -0.2) is 57.1 Å². The number of rotatable bonds is 5. The summed E-state index contributed by atoms with van der Waals surface area (Å²) in [5.41, 5.74) is 1.11. The molecule has 1 fully saturated rings. The molecule has 0 radical (unpaired) electrons. The van der Waals surface area contributed by atoms with Crippen LogP contribution in [0.15, 0.2) is 29.3 Å². The van der Waals surface area contributed by atoms with E-state index in [0.29, 0.717) is 6.04 Å². The van der Waals surface area contributed by atoms with Crippen molar-refractivity contribution in [3.8, 4) is 5.75 Å². The second kappa shape index (κ2) is 7.26. The van der Waals surface area contributed by atoms with Crippen LogP contribution in [0.4, 0.5) is 0 Å². The van der Waals surface area contributed by atoms with E-state index in [9.17, 15) is 0 Å². The molecule has 0 aromatic heterocycles. The normalized spacial score (nSPS) is 18.6. The van der Waals surface area contributed by atoms with Gasteiger partial charge >= 0.3 is 0 Å². The molecule has 1 saturated heterocycles. The Morgan fingerprint density at radius 3 is 2.63 bits per heavy atom. The lowest BCUT2D eigenvalue weighted by Gasteiger charge is -2.31. The highest BCUT2D eigenvalue weighted by Crippen LogP contribution is 2.10. The SMILES string of the molecule is COc1ccc(C=NCC(C)N2CCOCC2)cc1. The predicted molar refractivity (Wildman–Crippen MR) is 77.3 cm³/mol. The molecule has 0 N–H and O–H groups in total. The molecular formula is C15H22N2O2. The summed E-state index contributed by atoms with van der Waals surface area (Å²) in [6, 6.07) is 8.40. The van der Waals surface area contributed by atoms with Crippen LogP contribution in [0.1, 0.15) is 12.5 Å². The highest BCUT2D eigenvalue weighted by Gasteiger charge is 2.15. The van der Waals surface area contributed by atoms with Gasteiger partial charge in [0, 0.05) is 25.3 Å². The van der Waals surface area contributed by atoms with Crippen molar-refractivity contribution in [1.82, 2.24) is 4.90 Å². The monoisotopic (exact) mass is 262 g/mol. The van der Waals surface area contributed by atoms with Gasteiger partial charge in [0.25, 0.3) is 0 Å². The van der Waals surface area contributed by atoms with Crippen LogP contribution in [-0.2, 0) is 4.74 Å². The number of hydrogen-bond acceptors (Lipinski definition) is 4. The maximum absolute atomic E-state index is 5.35. The molecule has 0 bridgehead atoms. The van der Waals surface area contributed by atoms with Crippen molar-refractivity contribution in [3.63, 3.8) is 0 Å². The minimum atomic E-state index is 0.471. The van der Waals surface area contributed by atoms with E-state index in [-0.39, 0.29) is 0 Å². The van der Waals surface area contributed by atoms with Crippen LogP contribution >= 0.6 is 0 Å². The lowest BCUT2D eigenvalue weighted by molar-refractivity contribution is 0.0221. The molecule has 0 spiro atoms. The molecule has 104 valence electrons. The first-order valence-corrected chi connectivity index (χ1v) is 6.75. The van der Waals surface area contributed by atoms with Crippen LogP contribution < -0.4 is 4.74 Å². The van der Waals surface area contributed by atoms with Gasteiger partial charge in [-0.2, -0.15) is 0 Å². The fourth-order valence-corrected chi connectivity index (χ4v) is 2.13. The number of hydrogen-bond donors (Lipinski definition) is 0. The van der Waals surface area contributed by atoms with E-state index in [4.69, 9.17) is 9.47 Å². The van der Waals surface area contributed by atoms with Gasteiger partial charge in [0.1, 0.15) is 5.75 Å². The smallest absolute Gasteiger partial charge is 0.118 e. The maximum Gasteiger partial charge on any atom is 0.118 e. The van der Waals surface area contributed by atoms with Gasteiger partial charge in [0.05, 0.1) is 26.9 Å². The summed E-state index contributed by atoms with van der Waals surface area (Å²) in [5.74, 6) is 0.874. The van der Waals surface area contributed by atoms with E-state index in [0.717, 1.165) is 44.2 Å². The molecule has 1 aliphatic heterocycles. The Morgan fingerprint density at radius 1 is 1.32 bits per heavy atom. The molecule has 19 heavy (non-hydrogen) atoms. The highest BCUT2D eigenvalue weighted by atomic mass is 16.5. The van der Waals surface area contributed by atoms with Gasteiger partial charge in [-0.25, -0.2) is 0 Å². The number of methoxy groups -OCH3 is 1. The van der Waals surface area contributed by atoms with E-state index in [1.807, 2.05) is 30.5 Å². The molecule has 0 saturated carbocycles. The minimum Gasteiger partial charge on any atom is -0.497 e. The predicted octanol–water partition coefficient (Wildman–Crippen LogP) is 1.83. The number of morpholine rings is 1. The Bertz CT molecular complexity index is 397. The average Bonchev–Trinajstić information content (AvgIpc) is 2.49. The Balaban J connectivity index is 1.81. The Kier molecular flexibility index (Phi) is 5.36. The van der Waals surface area contributed by atoms with Gasteiger partial charge in [0.2, 0.25) is 0 Å². The third-order valence-corrected chi connectivity index (χ3v) is 3.39. The van der Waals surface area contributed by atoms with Crippen LogP contribution in [0.25, 0.3) is 0 Å². The first-order valence-electron chi connectivity index (χ1n) is 6.75. The lowest BCUT2D eigenvalue weighted by atomic mass is 10.2. The maximum atomic E-state index is 5.35. The van der Waals surface area contributed by atoms with Crippen LogP contribution in [0, 0.1) is 0 Å². The van der Waals surface area contributed by atoms with Crippen molar-refractivity contribution in [1.29, 1.82) is 0 Å². The van der Waals surface area contributed by atoms with Crippen molar-refractivity contribution in [2.45, 2.75) is 13.0 Å². The topological polar surface area (TPSA) is 34.1 Å². The van der Waals surface area contributed by atoms with E-state index in [2.05, 4.69) is 16.8 Å². The van der Waals surface area contributed by atoms with Gasteiger partial charge in [0.15, 0.2) is 0 Å². The van der Waals surface area contributed by atoms with Gasteiger partial charge in [-0.1, -0.05) is 0 Å². The van der Waals surface area contributed by atoms with Crippen molar-refractivity contribution < 1.29 is 9.47 Å². The summed E-state index contributed by atoms with van der Waals surface area (Å²) in [7, 11) is 1.67. The van der Waals surface area contributed by atoms with Gasteiger partial charge in [-0.15, -0.1) is 0 Å². The fraction of sp³-hybridized carbons (Fsp3) is 0.533. The van der Waals surface area contributed by atoms with E-state index < -0.39 is 0 Å². The zero-order chi connectivity index (χ0) is 13.5. The summed E-state index contributed by atoms with van der Waals surface area (Å²) in [6.07, 6.45) is 1.93. The Labute approximate surface area is 115 Å². The number of aliphatic imine (C=N–C) groups is 1. The number of nitrogens with zero attached hydrogens (tertiary/aromatic N) is 2. The van der Waals surface area contributed by atoms with Crippen molar-refractivity contribution in [2.24, 2.45) is 4.99 Å². The fourth-order valence-electron chi connectivity index (χ4n) is 2.13. The molecule has 1 unspecified atom stereocenters. The molecule has 4 nitrogen and oxygen atoms in total. The summed E-state index contributed by atoms with van der Waals surface area (Å²) < 4.78 is 10.5. The molecule has 1 atom stereocenters. The van der Waals surface area contributed by atoms with Crippen LogP contribution in [0.5, 0.6) is 5.75 Å². The third-order valence-electron chi connectivity index (χ3n) is 3.39. The molecule has 1 heterocycles. The second-order valence-electron chi connectivity index (χ2n) is 4.76. The van der Waals surface area contributed by atoms with E-state index in [1.165, 1.54) is 0 Å². The average molecular weight is 262 g/mol. The van der Waals surface area contributed by atoms with Gasteiger partial charge in [-0.05, 0) is 36.8 Å². The summed E-state index contributed by atoms with van der Waals surface area (Å²) in [5, 5.41) is 0. The molecular weight excluding hydrogens is 240 g/mol. The zero-order valence-electron chi connectivity index (χ0n) is 11.7. The second-order valence-corrected chi connectivity index (χ2v) is 4.76. The summed E-state index contributed by atoms with van der Waals surface area (Å²) >= 11 is 0. The minimum absolute atomic E-state index is 0.471. The van der Waals surface area contributed by atoms with Gasteiger partial charge < -0.3 is 9.47 Å². The van der Waals surface area contributed by atoms with Crippen LogP contribution in [0.3, 0.4) is 0 Å². The molecule has 2 rings (SSSR count). The molecule has 1 aliphatic rings. The largest absolute Gasteiger partial charge is 0.497 e. The van der Waals surface area contributed by atoms with Gasteiger partial charge in [-0.3, -0.25) is 9.89 Å². The Hall–Kier alpha value is -1.39. The Morgan fingerprint density at radius 2 is 2.00 bits per heavy atom. The lowest BCUT2D eigenvalue weighted by Crippen LogP contribution is -2.43. The van der Waals surface area contributed by atoms with Crippen LogP contribution in [0.2, 0.25) is 0 Å². The third kappa shape index (κ3) is 4.33.